The van der Waals surface area contributed by atoms with E-state index in [1.807, 2.05) is 106 Å². The molecule has 0 saturated heterocycles. The molecule has 4 heterocycles. The summed E-state index contributed by atoms with van der Waals surface area (Å²) in [4.78, 5) is 4.73. The Hall–Kier alpha value is -5.94. The van der Waals surface area contributed by atoms with Gasteiger partial charge in [-0.2, -0.15) is 0 Å². The molecule has 0 amide bonds. The quantitative estimate of drug-likeness (QED) is 0.154. The van der Waals surface area contributed by atoms with E-state index >= 15 is 0 Å². The Morgan fingerprint density at radius 3 is 2.43 bits per heavy atom. The molecule has 5 heteroatoms. The Morgan fingerprint density at radius 2 is 1.50 bits per heavy atom. The highest BCUT2D eigenvalue weighted by molar-refractivity contribution is 6.10. The normalized spacial score (nSPS) is 12.7. The van der Waals surface area contributed by atoms with Crippen LogP contribution in [-0.2, 0) is 6.37 Å². The highest BCUT2D eigenvalue weighted by Gasteiger charge is 2.17. The number of furan rings is 1. The third-order valence-electron chi connectivity index (χ3n) is 8.21. The molecule has 5 nitrogen and oxygen atoms in total. The summed E-state index contributed by atoms with van der Waals surface area (Å²) < 4.78 is 30.9. The molecular weight excluding hydrogens is 540 g/mol. The van der Waals surface area contributed by atoms with Crippen molar-refractivity contribution >= 4 is 43.8 Å². The van der Waals surface area contributed by atoms with Crippen LogP contribution in [0.1, 0.15) is 13.9 Å². The number of hydrogen-bond donors (Lipinski definition) is 0. The minimum absolute atomic E-state index is 0.550. The summed E-state index contributed by atoms with van der Waals surface area (Å²) in [6.45, 7) is 0. The number of pyridine rings is 1. The smallest absolute Gasteiger partial charge is 0.269 e. The Kier molecular flexibility index (Phi) is 5.05. The van der Waals surface area contributed by atoms with Crippen molar-refractivity contribution < 1.29 is 11.7 Å². The fourth-order valence-electron chi connectivity index (χ4n) is 6.22. The maximum Gasteiger partial charge on any atom is 0.269 e. The van der Waals surface area contributed by atoms with Gasteiger partial charge in [0.15, 0.2) is 11.4 Å². The molecule has 0 aliphatic heterocycles. The first-order chi connectivity index (χ1) is 22.6. The Bertz CT molecular complexity index is 2580. The first-order valence-electron chi connectivity index (χ1n) is 15.6. The lowest BCUT2D eigenvalue weighted by atomic mass is 10.0. The molecule has 0 radical (unpaired) electrons. The molecule has 0 saturated carbocycles. The van der Waals surface area contributed by atoms with E-state index in [0.29, 0.717) is 22.5 Å². The van der Waals surface area contributed by atoms with Crippen molar-refractivity contribution in [2.24, 2.45) is 0 Å². The SMILES string of the molecule is [2H]C([2H])(c1cccc(-n2[c-][n+](-c3ccccc3)c3ccccc32)c1)c1ccc2c3ccccc3n(-c3nccc4ccoc34)c2c1. The molecular formula is C39H26N4O. The third kappa shape index (κ3) is 3.87. The summed E-state index contributed by atoms with van der Waals surface area (Å²) >= 11 is 0. The molecule has 0 bridgehead atoms. The summed E-state index contributed by atoms with van der Waals surface area (Å²) in [5.74, 6) is 0.676. The third-order valence-corrected chi connectivity index (χ3v) is 8.21. The number of nitrogens with zero attached hydrogens (tertiary/aromatic N) is 4. The van der Waals surface area contributed by atoms with E-state index in [1.54, 1.807) is 12.5 Å². The maximum atomic E-state index is 9.46. The van der Waals surface area contributed by atoms with E-state index in [4.69, 9.17) is 9.40 Å². The van der Waals surface area contributed by atoms with Gasteiger partial charge in [-0.15, -0.1) is 0 Å². The molecule has 0 unspecified atom stereocenters. The predicted octanol–water partition coefficient (Wildman–Crippen LogP) is 8.54. The standard InChI is InChI=1S/C39H26N4O/c1-2-10-30(11-3-1)41-26-42(36-16-7-6-15-35(36)41)31-12-8-9-27(24-31)23-28-17-18-33-32-13-4-5-14-34(32)43(37(33)25-28)39-38-29(19-21-40-39)20-22-44-38/h1-22,24-25H,23H2/i23D2. The van der Waals surface area contributed by atoms with Crippen LogP contribution in [-0.4, -0.2) is 14.1 Å². The summed E-state index contributed by atoms with van der Waals surface area (Å²) in [6.07, 6.45) is 5.17. The lowest BCUT2D eigenvalue weighted by molar-refractivity contribution is -0.572. The van der Waals surface area contributed by atoms with Crippen LogP contribution in [0.25, 0.3) is 61.0 Å². The molecule has 4 aromatic heterocycles. The number of rotatable bonds is 5. The van der Waals surface area contributed by atoms with Gasteiger partial charge in [0, 0.05) is 25.1 Å². The van der Waals surface area contributed by atoms with Gasteiger partial charge in [0.05, 0.1) is 39.7 Å². The summed E-state index contributed by atoms with van der Waals surface area (Å²) in [5.41, 5.74) is 7.47. The molecule has 0 aliphatic rings. The van der Waals surface area contributed by atoms with Crippen LogP contribution in [0.15, 0.2) is 150 Å². The molecule has 0 fully saturated rings. The van der Waals surface area contributed by atoms with E-state index in [-0.39, 0.29) is 0 Å². The minimum atomic E-state index is -1.80. The van der Waals surface area contributed by atoms with Crippen LogP contribution < -0.4 is 4.57 Å². The lowest BCUT2D eigenvalue weighted by Gasteiger charge is -2.10. The molecule has 44 heavy (non-hydrogen) atoms. The highest BCUT2D eigenvalue weighted by Crippen LogP contribution is 2.35. The van der Waals surface area contributed by atoms with Gasteiger partial charge >= 0.3 is 0 Å². The van der Waals surface area contributed by atoms with E-state index in [1.165, 1.54) is 0 Å². The van der Waals surface area contributed by atoms with Crippen LogP contribution in [0, 0.1) is 6.33 Å². The van der Waals surface area contributed by atoms with E-state index in [2.05, 4.69) is 47.3 Å². The summed E-state index contributed by atoms with van der Waals surface area (Å²) in [5, 5.41) is 3.05. The van der Waals surface area contributed by atoms with Gasteiger partial charge < -0.3 is 4.42 Å². The van der Waals surface area contributed by atoms with Gasteiger partial charge in [-0.3, -0.25) is 13.7 Å². The number of aromatic nitrogens is 4. The Labute approximate surface area is 256 Å². The van der Waals surface area contributed by atoms with E-state index < -0.39 is 6.37 Å². The van der Waals surface area contributed by atoms with Gasteiger partial charge in [-0.25, -0.2) is 4.98 Å². The topological polar surface area (TPSA) is 39.8 Å². The second-order valence-electron chi connectivity index (χ2n) is 10.8. The first kappa shape index (κ1) is 22.6. The predicted molar refractivity (Wildman–Crippen MR) is 175 cm³/mol. The maximum absolute atomic E-state index is 9.46. The van der Waals surface area contributed by atoms with E-state index in [9.17, 15) is 2.74 Å². The van der Waals surface area contributed by atoms with Crippen molar-refractivity contribution in [3.05, 3.63) is 163 Å². The van der Waals surface area contributed by atoms with Gasteiger partial charge in [0.25, 0.3) is 6.33 Å². The largest absolute Gasteiger partial charge is 0.460 e. The molecule has 9 rings (SSSR count). The Balaban J connectivity index is 1.20. The highest BCUT2D eigenvalue weighted by atomic mass is 16.3. The second-order valence-corrected chi connectivity index (χ2v) is 10.8. The van der Waals surface area contributed by atoms with Crippen LogP contribution in [0.5, 0.6) is 0 Å². The zero-order valence-electron chi connectivity index (χ0n) is 25.6. The van der Waals surface area contributed by atoms with Crippen LogP contribution >= 0.6 is 0 Å². The van der Waals surface area contributed by atoms with Crippen molar-refractivity contribution in [2.75, 3.05) is 0 Å². The van der Waals surface area contributed by atoms with Crippen molar-refractivity contribution in [2.45, 2.75) is 6.37 Å². The van der Waals surface area contributed by atoms with E-state index in [0.717, 1.165) is 49.6 Å². The number of fused-ring (bicyclic) bond motifs is 5. The van der Waals surface area contributed by atoms with Crippen molar-refractivity contribution in [1.29, 1.82) is 0 Å². The zero-order chi connectivity index (χ0) is 30.8. The molecule has 5 aromatic carbocycles. The first-order valence-corrected chi connectivity index (χ1v) is 14.6. The van der Waals surface area contributed by atoms with Crippen molar-refractivity contribution in [3.63, 3.8) is 0 Å². The molecule has 0 atom stereocenters. The van der Waals surface area contributed by atoms with Gasteiger partial charge in [-0.1, -0.05) is 84.9 Å². The molecule has 0 aliphatic carbocycles. The van der Waals surface area contributed by atoms with Crippen LogP contribution in [0.3, 0.4) is 0 Å². The second kappa shape index (κ2) is 9.82. The molecule has 208 valence electrons. The molecule has 9 aromatic rings. The molecule has 0 spiro atoms. The lowest BCUT2D eigenvalue weighted by Crippen LogP contribution is -2.29. The molecule has 0 N–H and O–H groups in total. The average Bonchev–Trinajstić information content (AvgIpc) is 3.83. The van der Waals surface area contributed by atoms with Crippen molar-refractivity contribution in [1.82, 2.24) is 14.1 Å². The number of para-hydroxylation sites is 4. The summed E-state index contributed by atoms with van der Waals surface area (Å²) in [6, 6.07) is 43.9. The van der Waals surface area contributed by atoms with Gasteiger partial charge in [0.1, 0.15) is 0 Å². The monoisotopic (exact) mass is 568 g/mol. The zero-order valence-corrected chi connectivity index (χ0v) is 23.6. The van der Waals surface area contributed by atoms with Crippen LogP contribution in [0.2, 0.25) is 0 Å². The fourth-order valence-corrected chi connectivity index (χ4v) is 6.22. The number of imidazole rings is 1. The average molecular weight is 569 g/mol. The number of benzene rings is 5. The van der Waals surface area contributed by atoms with Gasteiger partial charge in [0.2, 0.25) is 0 Å². The minimum Gasteiger partial charge on any atom is -0.460 e. The fraction of sp³-hybridized carbons (Fsp3) is 0.0256. The van der Waals surface area contributed by atoms with Crippen LogP contribution in [0.4, 0.5) is 0 Å². The Morgan fingerprint density at radius 1 is 0.705 bits per heavy atom. The van der Waals surface area contributed by atoms with Gasteiger partial charge in [-0.05, 0) is 66.0 Å². The summed E-state index contributed by atoms with van der Waals surface area (Å²) in [7, 11) is 0. The van der Waals surface area contributed by atoms with Crippen molar-refractivity contribution in [3.8, 4) is 17.2 Å². The number of hydrogen-bond acceptors (Lipinski definition) is 2.